The molecule has 5 nitrogen and oxygen atoms in total. The van der Waals surface area contributed by atoms with E-state index in [9.17, 15) is 9.59 Å². The van der Waals surface area contributed by atoms with E-state index in [4.69, 9.17) is 11.6 Å². The third-order valence-corrected chi connectivity index (χ3v) is 3.45. The molecule has 1 aromatic carbocycles. The molecule has 2 amide bonds. The van der Waals surface area contributed by atoms with Crippen LogP contribution in [0.2, 0.25) is 5.02 Å². The van der Waals surface area contributed by atoms with Gasteiger partial charge in [-0.25, -0.2) is 5.43 Å². The predicted molar refractivity (Wildman–Crippen MR) is 84.5 cm³/mol. The molecule has 0 aliphatic rings. The lowest BCUT2D eigenvalue weighted by Gasteiger charge is -2.08. The Morgan fingerprint density at radius 3 is 2.48 bits per heavy atom. The monoisotopic (exact) mass is 309 g/mol. The summed E-state index contributed by atoms with van der Waals surface area (Å²) in [6.07, 6.45) is 0.957. The lowest BCUT2D eigenvalue weighted by Crippen LogP contribution is -2.35. The first-order valence-corrected chi connectivity index (χ1v) is 7.18. The summed E-state index contributed by atoms with van der Waals surface area (Å²) >= 11 is 5.74. The number of nitrogens with one attached hydrogen (secondary N) is 2. The lowest BCUT2D eigenvalue weighted by molar-refractivity contribution is -0.120. The molecule has 1 rings (SSSR count). The van der Waals surface area contributed by atoms with E-state index in [1.807, 2.05) is 13.8 Å². The molecule has 0 unspecified atom stereocenters. The molecule has 21 heavy (non-hydrogen) atoms. The van der Waals surface area contributed by atoms with E-state index in [2.05, 4.69) is 22.8 Å². The smallest absolute Gasteiger partial charge is 0.259 e. The predicted octanol–water partition coefficient (Wildman–Crippen LogP) is 2.61. The molecule has 0 aliphatic carbocycles. The van der Waals surface area contributed by atoms with Gasteiger partial charge < -0.3 is 5.32 Å². The molecule has 0 fully saturated rings. The fourth-order valence-electron chi connectivity index (χ4n) is 1.46. The van der Waals surface area contributed by atoms with Crippen molar-refractivity contribution in [2.24, 2.45) is 11.0 Å². The highest BCUT2D eigenvalue weighted by Gasteiger charge is 2.08. The number of amides is 2. The van der Waals surface area contributed by atoms with Crippen LogP contribution >= 0.6 is 11.6 Å². The summed E-state index contributed by atoms with van der Waals surface area (Å²) in [5, 5.41) is 7.08. The van der Waals surface area contributed by atoms with Crippen LogP contribution in [0.15, 0.2) is 29.4 Å². The normalized spacial score (nSPS) is 12.7. The SMILES string of the molecule is CC[C@@H](C)/C(C)=N/NC(=O)CNC(=O)c1ccc(Cl)cc1. The van der Waals surface area contributed by atoms with Gasteiger partial charge in [0.15, 0.2) is 0 Å². The van der Waals surface area contributed by atoms with Gasteiger partial charge in [0.25, 0.3) is 11.8 Å². The summed E-state index contributed by atoms with van der Waals surface area (Å²) in [4.78, 5) is 23.4. The number of hydrogen-bond acceptors (Lipinski definition) is 3. The van der Waals surface area contributed by atoms with Gasteiger partial charge in [0.05, 0.1) is 6.54 Å². The number of hydrogen-bond donors (Lipinski definition) is 2. The Balaban J connectivity index is 2.43. The van der Waals surface area contributed by atoms with Crippen LogP contribution in [0.4, 0.5) is 0 Å². The summed E-state index contributed by atoms with van der Waals surface area (Å²) in [5.74, 6) is -0.377. The highest BCUT2D eigenvalue weighted by molar-refractivity contribution is 6.30. The molecule has 0 saturated heterocycles. The average molecular weight is 310 g/mol. The van der Waals surface area contributed by atoms with Crippen LogP contribution in [0.1, 0.15) is 37.6 Å². The number of carbonyl (C=O) groups is 2. The number of hydrazone groups is 1. The maximum Gasteiger partial charge on any atom is 0.259 e. The van der Waals surface area contributed by atoms with Crippen LogP contribution in [0.25, 0.3) is 0 Å². The van der Waals surface area contributed by atoms with Crippen LogP contribution in [0.3, 0.4) is 0 Å². The minimum atomic E-state index is -0.361. The minimum Gasteiger partial charge on any atom is -0.343 e. The summed E-state index contributed by atoms with van der Waals surface area (Å²) in [5.41, 5.74) is 3.73. The second-order valence-electron chi connectivity index (χ2n) is 4.79. The number of rotatable bonds is 6. The van der Waals surface area contributed by atoms with E-state index in [0.29, 0.717) is 16.5 Å². The van der Waals surface area contributed by atoms with Crippen molar-refractivity contribution < 1.29 is 9.59 Å². The Morgan fingerprint density at radius 1 is 1.29 bits per heavy atom. The zero-order valence-corrected chi connectivity index (χ0v) is 13.2. The van der Waals surface area contributed by atoms with Crippen molar-refractivity contribution in [3.8, 4) is 0 Å². The lowest BCUT2D eigenvalue weighted by atomic mass is 10.1. The second-order valence-corrected chi connectivity index (χ2v) is 5.22. The van der Waals surface area contributed by atoms with E-state index >= 15 is 0 Å². The van der Waals surface area contributed by atoms with Crippen molar-refractivity contribution in [2.45, 2.75) is 27.2 Å². The Labute approximate surface area is 129 Å². The van der Waals surface area contributed by atoms with Crippen LogP contribution in [0, 0.1) is 5.92 Å². The Hall–Kier alpha value is -1.88. The number of halogens is 1. The Morgan fingerprint density at radius 2 is 1.90 bits per heavy atom. The molecule has 0 saturated carbocycles. The summed E-state index contributed by atoms with van der Waals surface area (Å²) in [6.45, 7) is 5.82. The fourth-order valence-corrected chi connectivity index (χ4v) is 1.59. The number of benzene rings is 1. The van der Waals surface area contributed by atoms with E-state index in [0.717, 1.165) is 12.1 Å². The molecule has 114 valence electrons. The first kappa shape index (κ1) is 17.2. The van der Waals surface area contributed by atoms with Crippen molar-refractivity contribution in [3.63, 3.8) is 0 Å². The average Bonchev–Trinajstić information content (AvgIpc) is 2.49. The van der Waals surface area contributed by atoms with Gasteiger partial charge >= 0.3 is 0 Å². The van der Waals surface area contributed by atoms with Crippen molar-refractivity contribution >= 4 is 29.1 Å². The van der Waals surface area contributed by atoms with Gasteiger partial charge in [-0.2, -0.15) is 5.10 Å². The molecule has 1 atom stereocenters. The summed E-state index contributed by atoms with van der Waals surface area (Å²) in [7, 11) is 0. The van der Waals surface area contributed by atoms with Crippen molar-refractivity contribution in [2.75, 3.05) is 6.54 Å². The van der Waals surface area contributed by atoms with Crippen LogP contribution < -0.4 is 10.7 Å². The zero-order chi connectivity index (χ0) is 15.8. The van der Waals surface area contributed by atoms with Crippen molar-refractivity contribution in [3.05, 3.63) is 34.9 Å². The maximum absolute atomic E-state index is 11.8. The van der Waals surface area contributed by atoms with Gasteiger partial charge in [-0.1, -0.05) is 25.4 Å². The maximum atomic E-state index is 11.8. The minimum absolute atomic E-state index is 0.126. The van der Waals surface area contributed by atoms with Gasteiger partial charge in [-0.05, 0) is 43.5 Å². The highest BCUT2D eigenvalue weighted by Crippen LogP contribution is 2.09. The van der Waals surface area contributed by atoms with Gasteiger partial charge in [-0.15, -0.1) is 0 Å². The molecule has 0 aliphatic heterocycles. The quantitative estimate of drug-likeness (QED) is 0.626. The van der Waals surface area contributed by atoms with E-state index < -0.39 is 0 Å². The fraction of sp³-hybridized carbons (Fsp3) is 0.400. The molecular formula is C15H20ClN3O2. The molecule has 0 bridgehead atoms. The Kier molecular flexibility index (Phi) is 6.88. The van der Waals surface area contributed by atoms with E-state index in [1.54, 1.807) is 24.3 Å². The number of carbonyl (C=O) groups excluding carboxylic acids is 2. The third kappa shape index (κ3) is 5.95. The molecule has 2 N–H and O–H groups in total. The molecule has 0 heterocycles. The van der Waals surface area contributed by atoms with Crippen molar-refractivity contribution in [1.29, 1.82) is 0 Å². The van der Waals surface area contributed by atoms with Crippen LogP contribution in [0.5, 0.6) is 0 Å². The molecule has 0 aromatic heterocycles. The summed E-state index contributed by atoms with van der Waals surface area (Å²) < 4.78 is 0. The molecule has 0 spiro atoms. The van der Waals surface area contributed by atoms with Crippen LogP contribution in [-0.2, 0) is 4.79 Å². The molecule has 0 radical (unpaired) electrons. The third-order valence-electron chi connectivity index (χ3n) is 3.20. The second kappa shape index (κ2) is 8.42. The van der Waals surface area contributed by atoms with Gasteiger partial charge in [0.2, 0.25) is 0 Å². The van der Waals surface area contributed by atoms with Gasteiger partial charge in [-0.3, -0.25) is 9.59 Å². The molecule has 6 heteroatoms. The Bertz CT molecular complexity index is 526. The van der Waals surface area contributed by atoms with E-state index in [1.165, 1.54) is 0 Å². The topological polar surface area (TPSA) is 70.6 Å². The molecule has 1 aromatic rings. The number of nitrogens with zero attached hydrogens (tertiary/aromatic N) is 1. The first-order valence-electron chi connectivity index (χ1n) is 6.80. The van der Waals surface area contributed by atoms with Gasteiger partial charge in [0, 0.05) is 16.3 Å². The standard InChI is InChI=1S/C15H20ClN3O2/c1-4-10(2)11(3)18-19-14(20)9-17-15(21)12-5-7-13(16)8-6-12/h5-8,10H,4,9H2,1-3H3,(H,17,21)(H,19,20)/b18-11+/t10-/m1/s1. The van der Waals surface area contributed by atoms with Crippen LogP contribution in [-0.4, -0.2) is 24.1 Å². The van der Waals surface area contributed by atoms with E-state index in [-0.39, 0.29) is 18.4 Å². The zero-order valence-electron chi connectivity index (χ0n) is 12.4. The highest BCUT2D eigenvalue weighted by atomic mass is 35.5. The van der Waals surface area contributed by atoms with Gasteiger partial charge in [0.1, 0.15) is 0 Å². The van der Waals surface area contributed by atoms with Crippen molar-refractivity contribution in [1.82, 2.24) is 10.7 Å². The summed E-state index contributed by atoms with van der Waals surface area (Å²) in [6, 6.07) is 6.44. The largest absolute Gasteiger partial charge is 0.343 e. The first-order chi connectivity index (χ1) is 9.93. The molecular weight excluding hydrogens is 290 g/mol.